The monoisotopic (exact) mass is 479 g/mol. The summed E-state index contributed by atoms with van der Waals surface area (Å²) in [7, 11) is 1.67. The van der Waals surface area contributed by atoms with Crippen LogP contribution in [-0.4, -0.2) is 46.2 Å². The first kappa shape index (κ1) is 24.9. The number of aromatic nitrogens is 3. The molecule has 0 atom stereocenters. The Morgan fingerprint density at radius 1 is 1.09 bits per heavy atom. The lowest BCUT2D eigenvalue weighted by molar-refractivity contribution is 0.0474. The normalized spacial score (nSPS) is 13.8. The van der Waals surface area contributed by atoms with Crippen LogP contribution in [0.3, 0.4) is 0 Å². The largest absolute Gasteiger partial charge is 0.454 e. The van der Waals surface area contributed by atoms with Crippen LogP contribution >= 0.6 is 0 Å². The maximum absolute atomic E-state index is 13.0. The summed E-state index contributed by atoms with van der Waals surface area (Å²) in [4.78, 5) is 43.2. The third-order valence-electron chi connectivity index (χ3n) is 6.74. The average Bonchev–Trinajstić information content (AvgIpc) is 3.12. The van der Waals surface area contributed by atoms with Crippen molar-refractivity contribution >= 4 is 22.7 Å². The molecule has 35 heavy (non-hydrogen) atoms. The van der Waals surface area contributed by atoms with Crippen LogP contribution in [0.4, 0.5) is 0 Å². The van der Waals surface area contributed by atoms with E-state index in [-0.39, 0.29) is 23.5 Å². The molecule has 1 aromatic carbocycles. The summed E-state index contributed by atoms with van der Waals surface area (Å²) in [5.74, 6) is -0.0884. The van der Waals surface area contributed by atoms with Crippen LogP contribution in [0.15, 0.2) is 29.1 Å². The van der Waals surface area contributed by atoms with E-state index in [1.54, 1.807) is 29.9 Å². The van der Waals surface area contributed by atoms with Crippen molar-refractivity contribution in [1.29, 1.82) is 0 Å². The van der Waals surface area contributed by atoms with Crippen LogP contribution in [0.5, 0.6) is 0 Å². The number of methoxy groups -OCH3 is 1. The lowest BCUT2D eigenvalue weighted by Crippen LogP contribution is -2.26. The van der Waals surface area contributed by atoms with Crippen molar-refractivity contribution in [2.75, 3.05) is 20.3 Å². The first-order valence-electron chi connectivity index (χ1n) is 12.3. The lowest BCUT2D eigenvalue weighted by Gasteiger charge is -2.16. The van der Waals surface area contributed by atoms with Crippen molar-refractivity contribution in [3.63, 3.8) is 0 Å². The quantitative estimate of drug-likeness (QED) is 0.275. The van der Waals surface area contributed by atoms with Crippen molar-refractivity contribution < 1.29 is 19.1 Å². The van der Waals surface area contributed by atoms with Gasteiger partial charge in [-0.15, -0.1) is 0 Å². The molecule has 1 aliphatic rings. The van der Waals surface area contributed by atoms with Crippen molar-refractivity contribution in [1.82, 2.24) is 14.1 Å². The number of hydrogen-bond donors (Lipinski definition) is 0. The SMILES string of the molecule is COCCCn1c(C)cc(C(=O)COC(=O)c2ccc3c(=O)n4c(nc3c2)CCCCCC4)c1C. The van der Waals surface area contributed by atoms with Gasteiger partial charge in [-0.1, -0.05) is 12.8 Å². The molecule has 0 unspecified atom stereocenters. The summed E-state index contributed by atoms with van der Waals surface area (Å²) in [6, 6.07) is 6.61. The van der Waals surface area contributed by atoms with Gasteiger partial charge in [0.2, 0.25) is 5.78 Å². The summed E-state index contributed by atoms with van der Waals surface area (Å²) in [5.41, 5.74) is 3.09. The molecule has 0 fully saturated rings. The van der Waals surface area contributed by atoms with Crippen molar-refractivity contribution in [3.05, 3.63) is 63.0 Å². The zero-order valence-corrected chi connectivity index (χ0v) is 20.8. The van der Waals surface area contributed by atoms with Crippen LogP contribution in [-0.2, 0) is 29.0 Å². The van der Waals surface area contributed by atoms with Gasteiger partial charge in [-0.3, -0.25) is 14.2 Å². The Kier molecular flexibility index (Phi) is 7.80. The fourth-order valence-corrected chi connectivity index (χ4v) is 4.81. The minimum Gasteiger partial charge on any atom is -0.454 e. The van der Waals surface area contributed by atoms with Gasteiger partial charge in [0.25, 0.3) is 5.56 Å². The van der Waals surface area contributed by atoms with Gasteiger partial charge < -0.3 is 14.0 Å². The highest BCUT2D eigenvalue weighted by molar-refractivity contribution is 6.01. The number of esters is 1. The molecular weight excluding hydrogens is 446 g/mol. The fourth-order valence-electron chi connectivity index (χ4n) is 4.81. The van der Waals surface area contributed by atoms with Gasteiger partial charge in [0.1, 0.15) is 5.82 Å². The number of Topliss-reactive ketones (excluding diaryl/α,β-unsaturated/α-hetero) is 1. The molecule has 0 aliphatic carbocycles. The number of carbonyl (C=O) groups excluding carboxylic acids is 2. The first-order valence-corrected chi connectivity index (χ1v) is 12.3. The highest BCUT2D eigenvalue weighted by Crippen LogP contribution is 2.19. The molecule has 8 heteroatoms. The predicted octanol–water partition coefficient (Wildman–Crippen LogP) is 4.01. The van der Waals surface area contributed by atoms with Crippen LogP contribution in [0.2, 0.25) is 0 Å². The zero-order chi connectivity index (χ0) is 24.9. The number of fused-ring (bicyclic) bond motifs is 2. The Labute approximate surface area is 204 Å². The predicted molar refractivity (Wildman–Crippen MR) is 133 cm³/mol. The van der Waals surface area contributed by atoms with Gasteiger partial charge in [-0.2, -0.15) is 0 Å². The van der Waals surface area contributed by atoms with Crippen molar-refractivity contribution in [2.24, 2.45) is 0 Å². The molecule has 0 saturated carbocycles. The number of ketones is 1. The molecule has 0 bridgehead atoms. The molecule has 0 spiro atoms. The second-order valence-electron chi connectivity index (χ2n) is 9.16. The number of carbonyl (C=O) groups is 2. The first-order chi connectivity index (χ1) is 16.9. The summed E-state index contributed by atoms with van der Waals surface area (Å²) in [6.07, 6.45) is 5.80. The van der Waals surface area contributed by atoms with E-state index < -0.39 is 5.97 Å². The Morgan fingerprint density at radius 2 is 1.89 bits per heavy atom. The summed E-state index contributed by atoms with van der Waals surface area (Å²) >= 11 is 0. The topological polar surface area (TPSA) is 92.4 Å². The molecule has 1 aliphatic heterocycles. The molecule has 0 amide bonds. The minimum atomic E-state index is -0.609. The summed E-state index contributed by atoms with van der Waals surface area (Å²) in [6.45, 7) is 5.58. The molecule has 8 nitrogen and oxygen atoms in total. The smallest absolute Gasteiger partial charge is 0.338 e. The second kappa shape index (κ2) is 11.0. The standard InChI is InChI=1S/C27H33N3O5/c1-18-15-22(19(2)29(18)13-8-14-34-3)24(31)17-35-27(33)20-10-11-21-23(16-20)28-25-9-6-4-5-7-12-30(25)26(21)32/h10-11,15-16H,4-9,12-14,17H2,1-3H3. The molecular formula is C27H33N3O5. The molecule has 186 valence electrons. The van der Waals surface area contributed by atoms with Crippen LogP contribution in [0.1, 0.15) is 70.0 Å². The number of benzene rings is 1. The number of rotatable bonds is 8. The maximum Gasteiger partial charge on any atom is 0.338 e. The van der Waals surface area contributed by atoms with E-state index in [9.17, 15) is 14.4 Å². The van der Waals surface area contributed by atoms with Crippen molar-refractivity contribution in [2.45, 2.75) is 65.5 Å². The number of ether oxygens (including phenoxy) is 2. The average molecular weight is 480 g/mol. The number of hydrogen-bond acceptors (Lipinski definition) is 6. The van der Waals surface area contributed by atoms with Gasteiger partial charge in [0.05, 0.1) is 16.5 Å². The molecule has 3 heterocycles. The van der Waals surface area contributed by atoms with E-state index in [1.807, 2.05) is 19.9 Å². The zero-order valence-electron chi connectivity index (χ0n) is 20.8. The molecule has 0 saturated heterocycles. The maximum atomic E-state index is 13.0. The summed E-state index contributed by atoms with van der Waals surface area (Å²) < 4.78 is 14.3. The van der Waals surface area contributed by atoms with Crippen LogP contribution in [0, 0.1) is 13.8 Å². The second-order valence-corrected chi connectivity index (χ2v) is 9.16. The number of nitrogens with zero attached hydrogens (tertiary/aromatic N) is 3. The van der Waals surface area contributed by atoms with Gasteiger partial charge >= 0.3 is 5.97 Å². The van der Waals surface area contributed by atoms with E-state index in [4.69, 9.17) is 14.5 Å². The van der Waals surface area contributed by atoms with Gasteiger partial charge in [-0.25, -0.2) is 9.78 Å². The van der Waals surface area contributed by atoms with Crippen LogP contribution < -0.4 is 5.56 Å². The molecule has 0 N–H and O–H groups in total. The molecule has 4 rings (SSSR count). The Balaban J connectivity index is 1.48. The van der Waals surface area contributed by atoms with Crippen molar-refractivity contribution in [3.8, 4) is 0 Å². The minimum absolute atomic E-state index is 0.0668. The van der Waals surface area contributed by atoms with E-state index in [1.165, 1.54) is 0 Å². The lowest BCUT2D eigenvalue weighted by atomic mass is 10.1. The van der Waals surface area contributed by atoms with Gasteiger partial charge in [0, 0.05) is 50.2 Å². The Bertz CT molecular complexity index is 1300. The fraction of sp³-hybridized carbons (Fsp3) is 0.481. The van der Waals surface area contributed by atoms with Gasteiger partial charge in [0.15, 0.2) is 6.61 Å². The van der Waals surface area contributed by atoms with E-state index in [0.717, 1.165) is 62.3 Å². The highest BCUT2D eigenvalue weighted by atomic mass is 16.5. The summed E-state index contributed by atoms with van der Waals surface area (Å²) in [5, 5.41) is 0.489. The van der Waals surface area contributed by atoms with E-state index in [0.29, 0.717) is 29.6 Å². The number of aryl methyl sites for hydroxylation is 2. The molecule has 2 aromatic heterocycles. The third-order valence-corrected chi connectivity index (χ3v) is 6.74. The van der Waals surface area contributed by atoms with Crippen LogP contribution in [0.25, 0.3) is 10.9 Å². The molecule has 3 aromatic rings. The Hall–Kier alpha value is -3.26. The highest BCUT2D eigenvalue weighted by Gasteiger charge is 2.19. The third kappa shape index (κ3) is 5.37. The van der Waals surface area contributed by atoms with E-state index in [2.05, 4.69) is 4.57 Å². The molecule has 0 radical (unpaired) electrons. The van der Waals surface area contributed by atoms with Gasteiger partial charge in [-0.05, 0) is 57.4 Å². The Morgan fingerprint density at radius 3 is 2.69 bits per heavy atom. The van der Waals surface area contributed by atoms with E-state index >= 15 is 0 Å².